The first kappa shape index (κ1) is 15.4. The van der Waals surface area contributed by atoms with Gasteiger partial charge in [0.1, 0.15) is 11.4 Å². The van der Waals surface area contributed by atoms with Crippen molar-refractivity contribution in [3.8, 4) is 0 Å². The van der Waals surface area contributed by atoms with E-state index in [4.69, 9.17) is 4.42 Å². The number of benzene rings is 3. The van der Waals surface area contributed by atoms with E-state index in [0.717, 1.165) is 32.9 Å². The Morgan fingerprint density at radius 2 is 1.96 bits per heavy atom. The summed E-state index contributed by atoms with van der Waals surface area (Å²) < 4.78 is 19.0. The molecule has 0 saturated heterocycles. The third kappa shape index (κ3) is 2.87. The predicted molar refractivity (Wildman–Crippen MR) is 97.2 cm³/mol. The fraction of sp³-hybridized carbons (Fsp3) is 0.0952. The van der Waals surface area contributed by atoms with E-state index in [0.29, 0.717) is 5.69 Å². The zero-order chi connectivity index (χ0) is 17.4. The minimum absolute atomic E-state index is 0.164. The van der Waals surface area contributed by atoms with Crippen molar-refractivity contribution in [3.63, 3.8) is 0 Å². The molecule has 0 aliphatic rings. The number of rotatable bonds is 3. The summed E-state index contributed by atoms with van der Waals surface area (Å²) in [6.45, 7) is 1.83. The van der Waals surface area contributed by atoms with Crippen LogP contribution in [0.3, 0.4) is 0 Å². The Morgan fingerprint density at radius 1 is 1.12 bits per heavy atom. The smallest absolute Gasteiger partial charge is 0.228 e. The lowest BCUT2D eigenvalue weighted by molar-refractivity contribution is -0.115. The van der Waals surface area contributed by atoms with Crippen molar-refractivity contribution in [2.75, 3.05) is 5.32 Å². The van der Waals surface area contributed by atoms with Gasteiger partial charge in [-0.25, -0.2) is 4.39 Å². The van der Waals surface area contributed by atoms with Crippen LogP contribution in [0.1, 0.15) is 11.1 Å². The van der Waals surface area contributed by atoms with E-state index < -0.39 is 0 Å². The van der Waals surface area contributed by atoms with Crippen molar-refractivity contribution in [2.24, 2.45) is 0 Å². The van der Waals surface area contributed by atoms with Crippen LogP contribution in [0, 0.1) is 12.7 Å². The molecule has 0 fully saturated rings. The zero-order valence-electron chi connectivity index (χ0n) is 13.7. The molecule has 4 rings (SSSR count). The third-order valence-electron chi connectivity index (χ3n) is 4.36. The lowest BCUT2D eigenvalue weighted by atomic mass is 10.0. The Morgan fingerprint density at radius 3 is 2.84 bits per heavy atom. The number of hydrogen-bond donors (Lipinski definition) is 1. The molecule has 4 heteroatoms. The lowest BCUT2D eigenvalue weighted by Gasteiger charge is -2.08. The number of fused-ring (bicyclic) bond motifs is 3. The Hall–Kier alpha value is -3.14. The SMILES string of the molecule is Cc1ccc(F)cc1NC(=O)Cc1coc2ccc3ccccc3c12. The molecule has 1 heterocycles. The maximum absolute atomic E-state index is 13.4. The van der Waals surface area contributed by atoms with Crippen LogP contribution in [0.4, 0.5) is 10.1 Å². The van der Waals surface area contributed by atoms with Crippen molar-refractivity contribution in [2.45, 2.75) is 13.3 Å². The summed E-state index contributed by atoms with van der Waals surface area (Å²) in [7, 11) is 0. The third-order valence-corrected chi connectivity index (χ3v) is 4.36. The van der Waals surface area contributed by atoms with Gasteiger partial charge in [0.15, 0.2) is 0 Å². The van der Waals surface area contributed by atoms with Crippen molar-refractivity contribution in [3.05, 3.63) is 77.8 Å². The molecule has 124 valence electrons. The molecule has 0 saturated carbocycles. The molecule has 0 radical (unpaired) electrons. The van der Waals surface area contributed by atoms with Crippen LogP contribution in [0.15, 0.2) is 65.3 Å². The molecule has 3 aromatic carbocycles. The Labute approximate surface area is 144 Å². The molecule has 1 amide bonds. The number of amides is 1. The van der Waals surface area contributed by atoms with Crippen LogP contribution >= 0.6 is 0 Å². The van der Waals surface area contributed by atoms with E-state index in [9.17, 15) is 9.18 Å². The number of nitrogens with one attached hydrogen (secondary N) is 1. The molecule has 0 aliphatic carbocycles. The molecular weight excluding hydrogens is 317 g/mol. The fourth-order valence-electron chi connectivity index (χ4n) is 3.10. The van der Waals surface area contributed by atoms with Crippen LogP contribution in [-0.2, 0) is 11.2 Å². The highest BCUT2D eigenvalue weighted by Crippen LogP contribution is 2.30. The second-order valence-electron chi connectivity index (χ2n) is 6.10. The van der Waals surface area contributed by atoms with Crippen molar-refractivity contribution in [1.82, 2.24) is 0 Å². The molecule has 1 N–H and O–H groups in total. The monoisotopic (exact) mass is 333 g/mol. The van der Waals surface area contributed by atoms with Gasteiger partial charge in [0.25, 0.3) is 0 Å². The molecule has 1 aromatic heterocycles. The summed E-state index contributed by atoms with van der Waals surface area (Å²) in [5, 5.41) is 5.88. The zero-order valence-corrected chi connectivity index (χ0v) is 13.7. The van der Waals surface area contributed by atoms with Crippen LogP contribution in [0.2, 0.25) is 0 Å². The van der Waals surface area contributed by atoms with Gasteiger partial charge in [-0.2, -0.15) is 0 Å². The van der Waals surface area contributed by atoms with Gasteiger partial charge in [-0.05, 0) is 41.5 Å². The Balaban J connectivity index is 1.67. The minimum atomic E-state index is -0.374. The quantitative estimate of drug-likeness (QED) is 0.559. The number of hydrogen-bond acceptors (Lipinski definition) is 2. The van der Waals surface area contributed by atoms with Gasteiger partial charge >= 0.3 is 0 Å². The van der Waals surface area contributed by atoms with Crippen molar-refractivity contribution in [1.29, 1.82) is 0 Å². The first-order chi connectivity index (χ1) is 12.1. The highest BCUT2D eigenvalue weighted by molar-refractivity contribution is 6.09. The molecule has 3 nitrogen and oxygen atoms in total. The highest BCUT2D eigenvalue weighted by atomic mass is 19.1. The molecule has 0 unspecified atom stereocenters. The summed E-state index contributed by atoms with van der Waals surface area (Å²) >= 11 is 0. The number of furan rings is 1. The summed E-state index contributed by atoms with van der Waals surface area (Å²) in [4.78, 5) is 12.4. The van der Waals surface area contributed by atoms with Gasteiger partial charge < -0.3 is 9.73 Å². The molecule has 25 heavy (non-hydrogen) atoms. The summed E-state index contributed by atoms with van der Waals surface area (Å²) in [5.41, 5.74) is 2.88. The first-order valence-corrected chi connectivity index (χ1v) is 8.05. The van der Waals surface area contributed by atoms with Gasteiger partial charge in [0.05, 0.1) is 12.7 Å². The normalized spacial score (nSPS) is 11.1. The average Bonchev–Trinajstić information content (AvgIpc) is 3.01. The molecule has 0 spiro atoms. The first-order valence-electron chi connectivity index (χ1n) is 8.05. The highest BCUT2D eigenvalue weighted by Gasteiger charge is 2.14. The van der Waals surface area contributed by atoms with Gasteiger partial charge in [0.2, 0.25) is 5.91 Å². The molecule has 0 atom stereocenters. The van der Waals surface area contributed by atoms with E-state index in [-0.39, 0.29) is 18.1 Å². The second-order valence-corrected chi connectivity index (χ2v) is 6.10. The number of carbonyl (C=O) groups is 1. The van der Waals surface area contributed by atoms with E-state index in [2.05, 4.69) is 5.32 Å². The van der Waals surface area contributed by atoms with Crippen LogP contribution in [-0.4, -0.2) is 5.91 Å². The number of halogens is 1. The fourth-order valence-corrected chi connectivity index (χ4v) is 3.10. The molecular formula is C21H16FNO2. The van der Waals surface area contributed by atoms with Gasteiger partial charge in [-0.1, -0.05) is 36.4 Å². The van der Waals surface area contributed by atoms with Gasteiger partial charge in [-0.15, -0.1) is 0 Å². The maximum Gasteiger partial charge on any atom is 0.228 e. The van der Waals surface area contributed by atoms with E-state index in [1.165, 1.54) is 12.1 Å². The number of carbonyl (C=O) groups excluding carboxylic acids is 1. The van der Waals surface area contributed by atoms with E-state index in [1.54, 1.807) is 12.3 Å². The topological polar surface area (TPSA) is 42.2 Å². The lowest BCUT2D eigenvalue weighted by Crippen LogP contribution is -2.15. The van der Waals surface area contributed by atoms with Gasteiger partial charge in [0, 0.05) is 16.6 Å². The van der Waals surface area contributed by atoms with Crippen LogP contribution < -0.4 is 5.32 Å². The van der Waals surface area contributed by atoms with Crippen LogP contribution in [0.5, 0.6) is 0 Å². The van der Waals surface area contributed by atoms with Crippen LogP contribution in [0.25, 0.3) is 21.7 Å². The van der Waals surface area contributed by atoms with E-state index in [1.807, 2.05) is 43.3 Å². The minimum Gasteiger partial charge on any atom is -0.464 e. The summed E-state index contributed by atoms with van der Waals surface area (Å²) in [5.74, 6) is -0.579. The van der Waals surface area contributed by atoms with Gasteiger partial charge in [-0.3, -0.25) is 4.79 Å². The number of anilines is 1. The summed E-state index contributed by atoms with van der Waals surface area (Å²) in [6, 6.07) is 16.3. The maximum atomic E-state index is 13.4. The number of aryl methyl sites for hydroxylation is 1. The molecule has 0 bridgehead atoms. The van der Waals surface area contributed by atoms with Crippen molar-refractivity contribution < 1.29 is 13.6 Å². The standard InChI is InChI=1S/C21H16FNO2/c1-13-6-8-16(22)11-18(13)23-20(24)10-15-12-25-19-9-7-14-4-2-3-5-17(14)21(15)19/h2-9,11-12H,10H2,1H3,(H,23,24). The van der Waals surface area contributed by atoms with E-state index >= 15 is 0 Å². The average molecular weight is 333 g/mol. The Kier molecular flexibility index (Phi) is 3.73. The second kappa shape index (κ2) is 6.06. The van der Waals surface area contributed by atoms with Crippen molar-refractivity contribution >= 4 is 33.3 Å². The Bertz CT molecular complexity index is 1100. The molecule has 4 aromatic rings. The largest absolute Gasteiger partial charge is 0.464 e. The predicted octanol–water partition coefficient (Wildman–Crippen LogP) is 5.21. The molecule has 0 aliphatic heterocycles. The summed E-state index contributed by atoms with van der Waals surface area (Å²) in [6.07, 6.45) is 1.78.